The Hall–Kier alpha value is -2.41. The average molecular weight is 274 g/mol. The maximum Gasteiger partial charge on any atom is 0.274 e. The molecule has 0 aliphatic carbocycles. The molecule has 1 aliphatic heterocycles. The number of nitrogen functional groups attached to an aromatic ring is 1. The normalized spacial score (nSPS) is 14.1. The van der Waals surface area contributed by atoms with Crippen LogP contribution in [0.2, 0.25) is 0 Å². The van der Waals surface area contributed by atoms with Crippen molar-refractivity contribution < 1.29 is 9.66 Å². The van der Waals surface area contributed by atoms with Crippen molar-refractivity contribution in [3.05, 3.63) is 45.1 Å². The molecule has 0 unspecified atom stereocenters. The zero-order valence-corrected chi connectivity index (χ0v) is 11.0. The summed E-state index contributed by atoms with van der Waals surface area (Å²) in [6.07, 6.45) is 0.696. The van der Waals surface area contributed by atoms with Gasteiger partial charge in [0.15, 0.2) is 5.82 Å². The largest absolute Gasteiger partial charge is 0.382 e. The lowest BCUT2D eigenvalue weighted by atomic mass is 10.1. The summed E-state index contributed by atoms with van der Waals surface area (Å²) in [6.45, 7) is 2.75. The number of benzene rings is 1. The molecule has 104 valence electrons. The second-order valence-electron chi connectivity index (χ2n) is 4.75. The van der Waals surface area contributed by atoms with Gasteiger partial charge in [0.1, 0.15) is 0 Å². The average Bonchev–Trinajstić information content (AvgIpc) is 2.77. The smallest absolute Gasteiger partial charge is 0.274 e. The number of ether oxygens (including phenoxy) is 1. The van der Waals surface area contributed by atoms with Gasteiger partial charge in [-0.2, -0.15) is 5.10 Å². The second kappa shape index (κ2) is 4.61. The molecule has 7 nitrogen and oxygen atoms in total. The molecule has 0 saturated heterocycles. The van der Waals surface area contributed by atoms with Crippen molar-refractivity contribution in [2.75, 3.05) is 12.3 Å². The van der Waals surface area contributed by atoms with Gasteiger partial charge in [-0.1, -0.05) is 6.07 Å². The van der Waals surface area contributed by atoms with Crippen molar-refractivity contribution in [2.24, 2.45) is 0 Å². The van der Waals surface area contributed by atoms with Gasteiger partial charge < -0.3 is 10.5 Å². The minimum absolute atomic E-state index is 0.0809. The van der Waals surface area contributed by atoms with Gasteiger partial charge in [0.05, 0.1) is 29.5 Å². The second-order valence-corrected chi connectivity index (χ2v) is 4.75. The predicted molar refractivity (Wildman–Crippen MR) is 72.7 cm³/mol. The van der Waals surface area contributed by atoms with Gasteiger partial charge in [-0.3, -0.25) is 10.1 Å². The maximum absolute atomic E-state index is 11.0. The summed E-state index contributed by atoms with van der Waals surface area (Å²) >= 11 is 0. The van der Waals surface area contributed by atoms with Crippen LogP contribution in [-0.2, 0) is 17.8 Å². The first-order chi connectivity index (χ1) is 9.58. The fourth-order valence-corrected chi connectivity index (χ4v) is 2.40. The molecular weight excluding hydrogens is 260 g/mol. The Kier molecular flexibility index (Phi) is 2.90. The molecular formula is C13H14N4O3. The third-order valence-corrected chi connectivity index (χ3v) is 3.48. The molecule has 0 amide bonds. The molecule has 0 fully saturated rings. The van der Waals surface area contributed by atoms with E-state index in [1.54, 1.807) is 17.7 Å². The van der Waals surface area contributed by atoms with Crippen LogP contribution in [0, 0.1) is 17.0 Å². The van der Waals surface area contributed by atoms with Crippen LogP contribution in [0.1, 0.15) is 16.8 Å². The van der Waals surface area contributed by atoms with Crippen molar-refractivity contribution in [3.8, 4) is 5.69 Å². The molecule has 0 spiro atoms. The quantitative estimate of drug-likeness (QED) is 0.664. The fraction of sp³-hybridized carbons (Fsp3) is 0.308. The fourth-order valence-electron chi connectivity index (χ4n) is 2.40. The number of aromatic nitrogens is 2. The molecule has 0 saturated carbocycles. The van der Waals surface area contributed by atoms with Gasteiger partial charge >= 0.3 is 0 Å². The molecule has 7 heteroatoms. The highest BCUT2D eigenvalue weighted by Crippen LogP contribution is 2.27. The molecule has 1 aromatic carbocycles. The lowest BCUT2D eigenvalue weighted by Gasteiger charge is -2.14. The predicted octanol–water partition coefficient (Wildman–Crippen LogP) is 1.74. The highest BCUT2D eigenvalue weighted by molar-refractivity contribution is 5.52. The number of aryl methyl sites for hydroxylation is 1. The first kappa shape index (κ1) is 12.6. The number of hydrogen-bond donors (Lipinski definition) is 1. The standard InChI is InChI=1S/C13H14N4O3/c1-8-2-3-9(6-12(8)17(18)19)16-11-4-5-20-7-10(11)13(14)15-16/h2-3,6H,4-5,7H2,1H3,(H2,14,15). The van der Waals surface area contributed by atoms with Gasteiger partial charge in [0, 0.05) is 23.6 Å². The molecule has 2 aromatic rings. The van der Waals surface area contributed by atoms with Crippen molar-refractivity contribution in [3.63, 3.8) is 0 Å². The van der Waals surface area contributed by atoms with Crippen LogP contribution >= 0.6 is 0 Å². The highest BCUT2D eigenvalue weighted by atomic mass is 16.6. The van der Waals surface area contributed by atoms with E-state index in [4.69, 9.17) is 10.5 Å². The van der Waals surface area contributed by atoms with Gasteiger partial charge in [0.25, 0.3) is 5.69 Å². The summed E-state index contributed by atoms with van der Waals surface area (Å²) in [5, 5.41) is 15.3. The molecule has 1 aliphatic rings. The summed E-state index contributed by atoms with van der Waals surface area (Å²) in [5.74, 6) is 0.419. The number of nitro benzene ring substituents is 1. The van der Waals surface area contributed by atoms with E-state index >= 15 is 0 Å². The van der Waals surface area contributed by atoms with E-state index in [9.17, 15) is 10.1 Å². The first-order valence-electron chi connectivity index (χ1n) is 6.27. The Morgan fingerprint density at radius 3 is 3.05 bits per heavy atom. The van der Waals surface area contributed by atoms with E-state index in [1.807, 2.05) is 6.07 Å². The maximum atomic E-state index is 11.0. The van der Waals surface area contributed by atoms with Crippen LogP contribution in [0.25, 0.3) is 5.69 Å². The van der Waals surface area contributed by atoms with E-state index in [0.29, 0.717) is 36.7 Å². The molecule has 0 radical (unpaired) electrons. The van der Waals surface area contributed by atoms with Crippen molar-refractivity contribution in [1.29, 1.82) is 0 Å². The first-order valence-corrected chi connectivity index (χ1v) is 6.27. The highest BCUT2D eigenvalue weighted by Gasteiger charge is 2.22. The molecule has 0 bridgehead atoms. The number of anilines is 1. The van der Waals surface area contributed by atoms with E-state index in [0.717, 1.165) is 11.3 Å². The summed E-state index contributed by atoms with van der Waals surface area (Å²) in [4.78, 5) is 10.6. The number of nitrogens with two attached hydrogens (primary N) is 1. The SMILES string of the molecule is Cc1ccc(-n2nc(N)c3c2CCOC3)cc1[N+](=O)[O-]. The van der Waals surface area contributed by atoms with Gasteiger partial charge in [-0.25, -0.2) is 4.68 Å². The van der Waals surface area contributed by atoms with E-state index in [2.05, 4.69) is 5.10 Å². The van der Waals surface area contributed by atoms with Gasteiger partial charge in [0.2, 0.25) is 0 Å². The molecule has 20 heavy (non-hydrogen) atoms. The summed E-state index contributed by atoms with van der Waals surface area (Å²) < 4.78 is 7.05. The molecule has 1 aromatic heterocycles. The third-order valence-electron chi connectivity index (χ3n) is 3.48. The minimum Gasteiger partial charge on any atom is -0.382 e. The monoisotopic (exact) mass is 274 g/mol. The Morgan fingerprint density at radius 1 is 1.50 bits per heavy atom. The van der Waals surface area contributed by atoms with Gasteiger partial charge in [-0.05, 0) is 13.0 Å². The molecule has 3 rings (SSSR count). The number of rotatable bonds is 2. The summed E-state index contributed by atoms with van der Waals surface area (Å²) in [5.41, 5.74) is 9.07. The molecule has 0 atom stereocenters. The Balaban J connectivity index is 2.14. The van der Waals surface area contributed by atoms with Crippen molar-refractivity contribution >= 4 is 11.5 Å². The number of nitro groups is 1. The van der Waals surface area contributed by atoms with E-state index < -0.39 is 0 Å². The van der Waals surface area contributed by atoms with Crippen LogP contribution in [0.3, 0.4) is 0 Å². The number of nitrogens with zero attached hydrogens (tertiary/aromatic N) is 3. The lowest BCUT2D eigenvalue weighted by molar-refractivity contribution is -0.385. The van der Waals surface area contributed by atoms with Crippen LogP contribution in [0.5, 0.6) is 0 Å². The van der Waals surface area contributed by atoms with Crippen LogP contribution in [0.15, 0.2) is 18.2 Å². The van der Waals surface area contributed by atoms with Crippen LogP contribution in [0.4, 0.5) is 11.5 Å². The third kappa shape index (κ3) is 1.92. The van der Waals surface area contributed by atoms with Gasteiger partial charge in [-0.15, -0.1) is 0 Å². The van der Waals surface area contributed by atoms with Crippen LogP contribution in [-0.4, -0.2) is 21.3 Å². The van der Waals surface area contributed by atoms with E-state index in [1.165, 1.54) is 6.07 Å². The molecule has 2 heterocycles. The lowest BCUT2D eigenvalue weighted by Crippen LogP contribution is -2.13. The molecule has 2 N–H and O–H groups in total. The summed E-state index contributed by atoms with van der Waals surface area (Å²) in [6, 6.07) is 5.05. The Bertz CT molecular complexity index is 693. The van der Waals surface area contributed by atoms with Crippen molar-refractivity contribution in [2.45, 2.75) is 20.0 Å². The number of fused-ring (bicyclic) bond motifs is 1. The van der Waals surface area contributed by atoms with E-state index in [-0.39, 0.29) is 10.6 Å². The minimum atomic E-state index is -0.388. The Labute approximate surface area is 115 Å². The van der Waals surface area contributed by atoms with Crippen LogP contribution < -0.4 is 5.73 Å². The zero-order chi connectivity index (χ0) is 14.3. The Morgan fingerprint density at radius 2 is 2.30 bits per heavy atom. The topological polar surface area (TPSA) is 96.2 Å². The van der Waals surface area contributed by atoms with Crippen molar-refractivity contribution in [1.82, 2.24) is 9.78 Å². The summed E-state index contributed by atoms with van der Waals surface area (Å²) in [7, 11) is 0. The number of hydrogen-bond acceptors (Lipinski definition) is 5. The zero-order valence-electron chi connectivity index (χ0n) is 11.0.